The number of aromatic nitrogens is 5. The maximum Gasteiger partial charge on any atom is 0.262 e. The van der Waals surface area contributed by atoms with Gasteiger partial charge in [-0.25, -0.2) is 4.98 Å². The molecular formula is C17H22N6O2S2. The number of H-pyrrole nitrogens is 1. The highest BCUT2D eigenvalue weighted by molar-refractivity contribution is 7.71. The van der Waals surface area contributed by atoms with Gasteiger partial charge >= 0.3 is 0 Å². The first-order valence-corrected chi connectivity index (χ1v) is 10.0. The van der Waals surface area contributed by atoms with Crippen molar-refractivity contribution in [2.45, 2.75) is 46.7 Å². The molecule has 144 valence electrons. The Balaban J connectivity index is 1.57. The van der Waals surface area contributed by atoms with Crippen molar-refractivity contribution in [3.63, 3.8) is 0 Å². The van der Waals surface area contributed by atoms with Crippen LogP contribution in [0.15, 0.2) is 11.1 Å². The van der Waals surface area contributed by atoms with Crippen LogP contribution in [0.1, 0.15) is 29.6 Å². The second-order valence-corrected chi connectivity index (χ2v) is 7.84. The molecule has 3 rings (SSSR count). The van der Waals surface area contributed by atoms with Crippen LogP contribution in [0.5, 0.6) is 0 Å². The van der Waals surface area contributed by atoms with Crippen LogP contribution >= 0.6 is 23.6 Å². The third kappa shape index (κ3) is 4.01. The molecular weight excluding hydrogens is 384 g/mol. The van der Waals surface area contributed by atoms with E-state index in [1.807, 2.05) is 25.3 Å². The first kappa shape index (κ1) is 19.4. The molecule has 0 saturated carbocycles. The normalized spacial score (nSPS) is 11.2. The largest absolute Gasteiger partial charge is 0.356 e. The maximum absolute atomic E-state index is 12.6. The van der Waals surface area contributed by atoms with Gasteiger partial charge in [0.15, 0.2) is 4.77 Å². The Morgan fingerprint density at radius 3 is 2.93 bits per heavy atom. The van der Waals surface area contributed by atoms with Crippen LogP contribution in [-0.2, 0) is 24.3 Å². The summed E-state index contributed by atoms with van der Waals surface area (Å²) in [7, 11) is 0. The Morgan fingerprint density at radius 1 is 1.41 bits per heavy atom. The third-order valence-electron chi connectivity index (χ3n) is 4.56. The standard InChI is InChI=1S/C17H22N6O2S2/c1-4-23-12(20-21-17(23)26)5-7-18-13(24)6-8-22-9-19-15-14(16(22)25)10(2)11(3)27-15/h9H,4-8H2,1-3H3,(H,18,24)(H,21,26). The maximum atomic E-state index is 12.6. The van der Waals surface area contributed by atoms with E-state index in [1.54, 1.807) is 0 Å². The summed E-state index contributed by atoms with van der Waals surface area (Å²) in [6.07, 6.45) is 2.33. The molecule has 0 aromatic carbocycles. The van der Waals surface area contributed by atoms with Crippen LogP contribution in [0.4, 0.5) is 0 Å². The van der Waals surface area contributed by atoms with Gasteiger partial charge in [0.2, 0.25) is 5.91 Å². The molecule has 3 aromatic rings. The highest BCUT2D eigenvalue weighted by Crippen LogP contribution is 2.25. The Hall–Kier alpha value is -2.33. The highest BCUT2D eigenvalue weighted by atomic mass is 32.1. The van der Waals surface area contributed by atoms with Crippen LogP contribution < -0.4 is 10.9 Å². The van der Waals surface area contributed by atoms with E-state index in [4.69, 9.17) is 12.2 Å². The fourth-order valence-corrected chi connectivity index (χ4v) is 4.19. The second kappa shape index (κ2) is 8.13. The summed E-state index contributed by atoms with van der Waals surface area (Å²) in [6.45, 7) is 7.41. The molecule has 0 fully saturated rings. The van der Waals surface area contributed by atoms with E-state index in [0.717, 1.165) is 27.6 Å². The lowest BCUT2D eigenvalue weighted by Gasteiger charge is -2.07. The minimum absolute atomic E-state index is 0.0897. The first-order valence-electron chi connectivity index (χ1n) is 8.78. The van der Waals surface area contributed by atoms with Crippen LogP contribution in [0.3, 0.4) is 0 Å². The number of fused-ring (bicyclic) bond motifs is 1. The molecule has 0 unspecified atom stereocenters. The van der Waals surface area contributed by atoms with E-state index in [9.17, 15) is 9.59 Å². The number of aromatic amines is 1. The van der Waals surface area contributed by atoms with Gasteiger partial charge in [-0.2, -0.15) is 5.10 Å². The summed E-state index contributed by atoms with van der Waals surface area (Å²) in [5.74, 6) is 0.703. The molecule has 3 aromatic heterocycles. The zero-order valence-electron chi connectivity index (χ0n) is 15.5. The molecule has 0 radical (unpaired) electrons. The average molecular weight is 407 g/mol. The summed E-state index contributed by atoms with van der Waals surface area (Å²) in [4.78, 5) is 30.9. The number of amides is 1. The third-order valence-corrected chi connectivity index (χ3v) is 5.99. The number of nitrogens with one attached hydrogen (secondary N) is 2. The number of rotatable bonds is 7. The molecule has 0 spiro atoms. The van der Waals surface area contributed by atoms with Gasteiger partial charge in [-0.1, -0.05) is 0 Å². The predicted octanol–water partition coefficient (Wildman–Crippen LogP) is 2.10. The molecule has 10 heteroatoms. The second-order valence-electron chi connectivity index (χ2n) is 6.25. The summed E-state index contributed by atoms with van der Waals surface area (Å²) in [6, 6.07) is 0. The first-order chi connectivity index (χ1) is 12.9. The molecule has 27 heavy (non-hydrogen) atoms. The molecule has 8 nitrogen and oxygen atoms in total. The number of carbonyl (C=O) groups is 1. The molecule has 0 saturated heterocycles. The summed E-state index contributed by atoms with van der Waals surface area (Å²) >= 11 is 6.66. The van der Waals surface area contributed by atoms with Gasteiger partial charge in [0, 0.05) is 37.4 Å². The minimum atomic E-state index is -0.114. The number of nitrogens with zero attached hydrogens (tertiary/aromatic N) is 4. The van der Waals surface area contributed by atoms with E-state index in [-0.39, 0.29) is 17.9 Å². The fourth-order valence-electron chi connectivity index (χ4n) is 2.92. The highest BCUT2D eigenvalue weighted by Gasteiger charge is 2.13. The van der Waals surface area contributed by atoms with Crippen molar-refractivity contribution in [2.75, 3.05) is 6.54 Å². The van der Waals surface area contributed by atoms with Crippen LogP contribution in [-0.4, -0.2) is 36.8 Å². The van der Waals surface area contributed by atoms with Gasteiger partial charge in [-0.15, -0.1) is 11.3 Å². The Labute approximate surface area is 165 Å². The Morgan fingerprint density at radius 2 is 2.19 bits per heavy atom. The number of hydrogen-bond acceptors (Lipinski definition) is 6. The van der Waals surface area contributed by atoms with E-state index in [0.29, 0.717) is 29.7 Å². The smallest absolute Gasteiger partial charge is 0.262 e. The van der Waals surface area contributed by atoms with Gasteiger partial charge in [0.25, 0.3) is 5.56 Å². The summed E-state index contributed by atoms with van der Waals surface area (Å²) in [5, 5.41) is 10.4. The van der Waals surface area contributed by atoms with Crippen molar-refractivity contribution >= 4 is 39.7 Å². The lowest BCUT2D eigenvalue weighted by atomic mass is 10.2. The molecule has 0 aliphatic carbocycles. The van der Waals surface area contributed by atoms with Crippen molar-refractivity contribution in [1.29, 1.82) is 0 Å². The molecule has 0 atom stereocenters. The lowest BCUT2D eigenvalue weighted by molar-refractivity contribution is -0.121. The zero-order valence-corrected chi connectivity index (χ0v) is 17.2. The lowest BCUT2D eigenvalue weighted by Crippen LogP contribution is -2.29. The summed E-state index contributed by atoms with van der Waals surface area (Å²) < 4.78 is 3.98. The van der Waals surface area contributed by atoms with Gasteiger partial charge in [-0.05, 0) is 38.6 Å². The zero-order chi connectivity index (χ0) is 19.6. The van der Waals surface area contributed by atoms with E-state index in [2.05, 4.69) is 20.5 Å². The van der Waals surface area contributed by atoms with Crippen LogP contribution in [0.2, 0.25) is 0 Å². The SMILES string of the molecule is CCn1c(CCNC(=O)CCn2cnc3sc(C)c(C)c3c2=O)n[nH]c1=S. The van der Waals surface area contributed by atoms with Crippen molar-refractivity contribution in [3.05, 3.63) is 37.7 Å². The van der Waals surface area contributed by atoms with Crippen LogP contribution in [0.25, 0.3) is 10.2 Å². The fraction of sp³-hybridized carbons (Fsp3) is 0.471. The van der Waals surface area contributed by atoms with E-state index >= 15 is 0 Å². The Kier molecular flexibility index (Phi) is 5.85. The van der Waals surface area contributed by atoms with E-state index < -0.39 is 0 Å². The Bertz CT molecular complexity index is 1090. The quantitative estimate of drug-likeness (QED) is 0.586. The molecule has 0 bridgehead atoms. The molecule has 2 N–H and O–H groups in total. The minimum Gasteiger partial charge on any atom is -0.356 e. The molecule has 0 aliphatic heterocycles. The number of carbonyl (C=O) groups excluding carboxylic acids is 1. The van der Waals surface area contributed by atoms with E-state index in [1.165, 1.54) is 22.2 Å². The van der Waals surface area contributed by atoms with Crippen molar-refractivity contribution in [3.8, 4) is 0 Å². The molecule has 0 aliphatic rings. The van der Waals surface area contributed by atoms with Crippen molar-refractivity contribution < 1.29 is 4.79 Å². The molecule has 3 heterocycles. The van der Waals surface area contributed by atoms with Gasteiger partial charge < -0.3 is 9.88 Å². The van der Waals surface area contributed by atoms with Crippen LogP contribution in [0, 0.1) is 18.6 Å². The van der Waals surface area contributed by atoms with Gasteiger partial charge in [-0.3, -0.25) is 19.3 Å². The average Bonchev–Trinajstić information content (AvgIpc) is 3.14. The topological polar surface area (TPSA) is 97.6 Å². The van der Waals surface area contributed by atoms with Gasteiger partial charge in [0.1, 0.15) is 10.7 Å². The monoisotopic (exact) mass is 406 g/mol. The number of aryl methyl sites for hydroxylation is 3. The summed E-state index contributed by atoms with van der Waals surface area (Å²) in [5.41, 5.74) is 0.878. The van der Waals surface area contributed by atoms with Crippen molar-refractivity contribution in [1.82, 2.24) is 29.6 Å². The van der Waals surface area contributed by atoms with Gasteiger partial charge in [0.05, 0.1) is 11.7 Å². The predicted molar refractivity (Wildman–Crippen MR) is 108 cm³/mol. The number of thiophene rings is 1. The molecule has 1 amide bonds. The van der Waals surface area contributed by atoms with Crippen molar-refractivity contribution in [2.24, 2.45) is 0 Å². The number of hydrogen-bond donors (Lipinski definition) is 2.